The molecule has 0 saturated heterocycles. The number of thioether (sulfide) groups is 1. The van der Waals surface area contributed by atoms with Crippen LogP contribution in [0.2, 0.25) is 15.1 Å². The topological polar surface area (TPSA) is 70.6 Å². The Bertz CT molecular complexity index is 939. The maximum absolute atomic E-state index is 12.1. The maximum Gasteiger partial charge on any atom is 0.286 e. The lowest BCUT2D eigenvalue weighted by atomic mass is 10.2. The van der Waals surface area contributed by atoms with Gasteiger partial charge in [-0.2, -0.15) is 4.99 Å². The minimum absolute atomic E-state index is 0.203. The van der Waals surface area contributed by atoms with Gasteiger partial charge in [-0.1, -0.05) is 53.0 Å². The summed E-state index contributed by atoms with van der Waals surface area (Å²) in [4.78, 5) is 28.2. The van der Waals surface area contributed by atoms with Crippen LogP contribution >= 0.6 is 46.6 Å². The van der Waals surface area contributed by atoms with Gasteiger partial charge in [0.25, 0.3) is 5.91 Å². The Labute approximate surface area is 174 Å². The number of carbonyl (C=O) groups is 2. The molecule has 0 bridgehead atoms. The number of anilines is 1. The van der Waals surface area contributed by atoms with E-state index in [2.05, 4.69) is 15.6 Å². The van der Waals surface area contributed by atoms with Gasteiger partial charge in [0.05, 0.1) is 20.6 Å². The molecule has 138 valence electrons. The molecule has 1 aliphatic heterocycles. The zero-order valence-corrected chi connectivity index (χ0v) is 16.7. The summed E-state index contributed by atoms with van der Waals surface area (Å²) in [6, 6.07) is 12.1. The molecule has 0 radical (unpaired) electrons. The van der Waals surface area contributed by atoms with Crippen molar-refractivity contribution in [3.8, 4) is 0 Å². The quantitative estimate of drug-likeness (QED) is 0.664. The predicted octanol–water partition coefficient (Wildman–Crippen LogP) is 4.89. The van der Waals surface area contributed by atoms with Crippen LogP contribution in [0.15, 0.2) is 58.4 Å². The number of rotatable bonds is 4. The number of amidine groups is 1. The molecule has 2 aromatic rings. The van der Waals surface area contributed by atoms with Gasteiger partial charge in [0.1, 0.15) is 0 Å². The molecule has 2 amide bonds. The summed E-state index contributed by atoms with van der Waals surface area (Å²) in [6.07, 6.45) is 1.22. The van der Waals surface area contributed by atoms with Gasteiger partial charge in [0.15, 0.2) is 5.17 Å². The average Bonchev–Trinajstić information content (AvgIpc) is 2.97. The fourth-order valence-electron chi connectivity index (χ4n) is 2.15. The Morgan fingerprint density at radius 1 is 1.07 bits per heavy atom. The fourth-order valence-corrected chi connectivity index (χ4v) is 3.56. The smallest absolute Gasteiger partial charge is 0.286 e. The van der Waals surface area contributed by atoms with E-state index in [-0.39, 0.29) is 4.91 Å². The van der Waals surface area contributed by atoms with E-state index in [0.29, 0.717) is 32.5 Å². The zero-order chi connectivity index (χ0) is 19.4. The maximum atomic E-state index is 12.1. The van der Waals surface area contributed by atoms with Crippen LogP contribution in [0.1, 0.15) is 5.56 Å². The molecule has 0 fully saturated rings. The second kappa shape index (κ2) is 8.80. The first-order chi connectivity index (χ1) is 12.9. The summed E-state index contributed by atoms with van der Waals surface area (Å²) in [7, 11) is 0. The van der Waals surface area contributed by atoms with Crippen molar-refractivity contribution in [3.05, 3.63) is 74.1 Å². The predicted molar refractivity (Wildman–Crippen MR) is 111 cm³/mol. The Balaban J connectivity index is 1.61. The third-order valence-corrected chi connectivity index (χ3v) is 5.24. The van der Waals surface area contributed by atoms with Crippen LogP contribution in [0.4, 0.5) is 5.69 Å². The highest BCUT2D eigenvalue weighted by atomic mass is 35.5. The highest BCUT2D eigenvalue weighted by Crippen LogP contribution is 2.33. The number of carbonyl (C=O) groups excluding carboxylic acids is 2. The molecule has 2 aromatic carbocycles. The normalized spacial score (nSPS) is 15.0. The highest BCUT2D eigenvalue weighted by molar-refractivity contribution is 8.18. The monoisotopic (exact) mass is 439 g/mol. The minimum Gasteiger partial charge on any atom is -0.348 e. The van der Waals surface area contributed by atoms with Crippen molar-refractivity contribution in [1.29, 1.82) is 0 Å². The molecular weight excluding hydrogens is 429 g/mol. The summed E-state index contributed by atoms with van der Waals surface area (Å²) in [5.41, 5.74) is 1.34. The van der Waals surface area contributed by atoms with Crippen LogP contribution in [0, 0.1) is 0 Å². The van der Waals surface area contributed by atoms with Crippen LogP contribution in [0.5, 0.6) is 0 Å². The van der Waals surface area contributed by atoms with Crippen LogP contribution in [0.25, 0.3) is 0 Å². The van der Waals surface area contributed by atoms with E-state index in [1.165, 1.54) is 6.08 Å². The van der Waals surface area contributed by atoms with Crippen LogP contribution in [0.3, 0.4) is 0 Å². The summed E-state index contributed by atoms with van der Waals surface area (Å²) in [6.45, 7) is 0.319. The summed E-state index contributed by atoms with van der Waals surface area (Å²) in [5, 5.41) is 7.35. The van der Waals surface area contributed by atoms with Gasteiger partial charge in [-0.25, -0.2) is 0 Å². The molecule has 0 saturated carbocycles. The first-order valence-electron chi connectivity index (χ1n) is 7.68. The molecule has 27 heavy (non-hydrogen) atoms. The molecule has 1 heterocycles. The van der Waals surface area contributed by atoms with Gasteiger partial charge in [-0.15, -0.1) is 0 Å². The third-order valence-electron chi connectivity index (χ3n) is 3.46. The molecule has 1 aliphatic rings. The van der Waals surface area contributed by atoms with Crippen molar-refractivity contribution in [1.82, 2.24) is 5.32 Å². The lowest BCUT2D eigenvalue weighted by molar-refractivity contribution is -0.117. The Hall–Kier alpha value is -1.99. The number of hydrogen-bond donors (Lipinski definition) is 2. The number of amides is 2. The van der Waals surface area contributed by atoms with E-state index in [4.69, 9.17) is 34.8 Å². The van der Waals surface area contributed by atoms with Crippen LogP contribution < -0.4 is 10.6 Å². The number of nitrogens with zero attached hydrogens (tertiary/aromatic N) is 1. The van der Waals surface area contributed by atoms with Gasteiger partial charge in [0, 0.05) is 17.6 Å². The van der Waals surface area contributed by atoms with Gasteiger partial charge in [-0.3, -0.25) is 9.59 Å². The molecule has 2 N–H and O–H groups in total. The first kappa shape index (κ1) is 19.8. The molecule has 0 unspecified atom stereocenters. The molecule has 5 nitrogen and oxygen atoms in total. The van der Waals surface area contributed by atoms with Gasteiger partial charge >= 0.3 is 0 Å². The van der Waals surface area contributed by atoms with Crippen LogP contribution in [-0.4, -0.2) is 17.0 Å². The molecule has 9 heteroatoms. The number of benzene rings is 2. The largest absolute Gasteiger partial charge is 0.348 e. The summed E-state index contributed by atoms with van der Waals surface area (Å²) < 4.78 is 0. The molecule has 0 aromatic heterocycles. The SMILES string of the molecule is O=C(/C=C1\SC(Nc2c(Cl)cccc2Cl)=NC1=O)NCc1ccc(Cl)cc1. The molecular formula is C18H12Cl3N3O2S. The van der Waals surface area contributed by atoms with E-state index in [0.717, 1.165) is 17.3 Å². The third kappa shape index (κ3) is 5.26. The standard InChI is InChI=1S/C18H12Cl3N3O2S/c19-11-6-4-10(5-7-11)9-22-15(25)8-14-17(26)24-18(27-14)23-16-12(20)2-1-3-13(16)21/h1-8H,9H2,(H,22,25)(H,23,24,26)/b14-8-. The van der Waals surface area contributed by atoms with Crippen molar-refractivity contribution in [2.75, 3.05) is 5.32 Å². The summed E-state index contributed by atoms with van der Waals surface area (Å²) >= 11 is 19.0. The average molecular weight is 441 g/mol. The highest BCUT2D eigenvalue weighted by Gasteiger charge is 2.24. The number of para-hydroxylation sites is 1. The van der Waals surface area contributed by atoms with E-state index >= 15 is 0 Å². The Morgan fingerprint density at radius 3 is 2.41 bits per heavy atom. The lowest BCUT2D eigenvalue weighted by Crippen LogP contribution is -2.21. The van der Waals surface area contributed by atoms with Crippen LogP contribution in [-0.2, 0) is 16.1 Å². The summed E-state index contributed by atoms with van der Waals surface area (Å²) in [5.74, 6) is -0.902. The van der Waals surface area contributed by atoms with Crippen molar-refractivity contribution in [3.63, 3.8) is 0 Å². The number of aliphatic imine (C=N–C) groups is 1. The van der Waals surface area contributed by atoms with E-state index in [1.54, 1.807) is 30.3 Å². The molecule has 0 aliphatic carbocycles. The molecule has 0 spiro atoms. The van der Waals surface area contributed by atoms with E-state index in [9.17, 15) is 9.59 Å². The Kier molecular flexibility index (Phi) is 6.44. The van der Waals surface area contributed by atoms with Crippen molar-refractivity contribution < 1.29 is 9.59 Å². The molecule has 0 atom stereocenters. The van der Waals surface area contributed by atoms with E-state index < -0.39 is 11.8 Å². The van der Waals surface area contributed by atoms with Gasteiger partial charge < -0.3 is 10.6 Å². The van der Waals surface area contributed by atoms with Crippen molar-refractivity contribution >= 4 is 69.2 Å². The van der Waals surface area contributed by atoms with Crippen molar-refractivity contribution in [2.24, 2.45) is 4.99 Å². The number of hydrogen-bond acceptors (Lipinski definition) is 4. The van der Waals surface area contributed by atoms with Gasteiger partial charge in [-0.05, 0) is 41.6 Å². The second-order valence-electron chi connectivity index (χ2n) is 5.40. The lowest BCUT2D eigenvalue weighted by Gasteiger charge is -2.08. The van der Waals surface area contributed by atoms with Gasteiger partial charge in [0.2, 0.25) is 5.91 Å². The van der Waals surface area contributed by atoms with Crippen molar-refractivity contribution in [2.45, 2.75) is 6.54 Å². The number of halogens is 3. The zero-order valence-electron chi connectivity index (χ0n) is 13.6. The second-order valence-corrected chi connectivity index (χ2v) is 7.68. The van der Waals surface area contributed by atoms with E-state index in [1.807, 2.05) is 12.1 Å². The minimum atomic E-state index is -0.507. The Morgan fingerprint density at radius 2 is 1.74 bits per heavy atom. The first-order valence-corrected chi connectivity index (χ1v) is 9.63. The molecule has 3 rings (SSSR count). The fraction of sp³-hybridized carbons (Fsp3) is 0.0556. The number of nitrogens with one attached hydrogen (secondary N) is 2.